The molecule has 0 heterocycles. The number of benzene rings is 2. The second-order valence-corrected chi connectivity index (χ2v) is 10.9. The molecule has 3 rings (SSSR count). The fourth-order valence-electron chi connectivity index (χ4n) is 3.47. The van der Waals surface area contributed by atoms with Gasteiger partial charge in [0.2, 0.25) is 23.8 Å². The third-order valence-electron chi connectivity index (χ3n) is 4.78. The summed E-state index contributed by atoms with van der Waals surface area (Å²) in [5.74, 6) is 0. The van der Waals surface area contributed by atoms with E-state index in [1.165, 1.54) is 24.3 Å². The van der Waals surface area contributed by atoms with Gasteiger partial charge in [-0.05, 0) is 37.1 Å². The number of hydrogen-bond donors (Lipinski definition) is 1. The van der Waals surface area contributed by atoms with E-state index in [4.69, 9.17) is 0 Å². The van der Waals surface area contributed by atoms with Crippen LogP contribution in [0.5, 0.6) is 0 Å². The van der Waals surface area contributed by atoms with Crippen molar-refractivity contribution < 1.29 is 21.9 Å². The molecule has 1 N–H and O–H groups in total. The van der Waals surface area contributed by atoms with E-state index >= 15 is 0 Å². The van der Waals surface area contributed by atoms with Crippen molar-refractivity contribution in [1.29, 1.82) is 0 Å². The summed E-state index contributed by atoms with van der Waals surface area (Å²) >= 11 is 0. The molecule has 0 spiro atoms. The molecule has 1 aliphatic carbocycles. The van der Waals surface area contributed by atoms with Gasteiger partial charge in [0.05, 0.1) is 15.9 Å². The molecule has 0 aromatic heterocycles. The number of sulfone groups is 2. The summed E-state index contributed by atoms with van der Waals surface area (Å²) in [4.78, 5) is -0.175. The second kappa shape index (κ2) is 6.55. The lowest BCUT2D eigenvalue weighted by Gasteiger charge is -2.39. The summed E-state index contributed by atoms with van der Waals surface area (Å²) in [7, 11) is -8.63. The van der Waals surface area contributed by atoms with Crippen LogP contribution in [0.4, 0.5) is 0 Å². The van der Waals surface area contributed by atoms with Crippen molar-refractivity contribution in [3.8, 4) is 0 Å². The van der Waals surface area contributed by atoms with Crippen molar-refractivity contribution in [1.82, 2.24) is 0 Å². The molecule has 1 aliphatic rings. The van der Waals surface area contributed by atoms with Gasteiger partial charge in [-0.3, -0.25) is 0 Å². The van der Waals surface area contributed by atoms with Crippen LogP contribution in [0.25, 0.3) is 0 Å². The molecule has 134 valence electrons. The van der Waals surface area contributed by atoms with Gasteiger partial charge in [0.25, 0.3) is 0 Å². The van der Waals surface area contributed by atoms with Gasteiger partial charge < -0.3 is 5.11 Å². The minimum atomic E-state index is -4.32. The lowest BCUT2D eigenvalue weighted by Crippen LogP contribution is -2.56. The minimum Gasteiger partial charge on any atom is -0.390 e. The van der Waals surface area contributed by atoms with Crippen molar-refractivity contribution in [2.24, 2.45) is 0 Å². The SMILES string of the molecule is O=S(=O)(c1ccccc1)C1(S(=O)(=O)c2ccccc2)CCCCC1O. The van der Waals surface area contributed by atoms with Crippen LogP contribution in [-0.4, -0.2) is 32.1 Å². The highest BCUT2D eigenvalue weighted by molar-refractivity contribution is 8.10. The lowest BCUT2D eigenvalue weighted by atomic mass is 9.97. The molecule has 5 nitrogen and oxygen atoms in total. The van der Waals surface area contributed by atoms with Crippen LogP contribution >= 0.6 is 0 Å². The monoisotopic (exact) mass is 380 g/mol. The maximum atomic E-state index is 13.4. The molecule has 0 bridgehead atoms. The van der Waals surface area contributed by atoms with Crippen LogP contribution in [0.3, 0.4) is 0 Å². The Kier molecular flexibility index (Phi) is 4.74. The van der Waals surface area contributed by atoms with Crippen LogP contribution in [0.15, 0.2) is 70.5 Å². The summed E-state index contributed by atoms with van der Waals surface area (Å²) in [5, 5.41) is 10.7. The van der Waals surface area contributed by atoms with Gasteiger partial charge in [0.15, 0.2) is 0 Å². The average Bonchev–Trinajstić information content (AvgIpc) is 2.63. The molecule has 2 aromatic rings. The number of rotatable bonds is 4. The van der Waals surface area contributed by atoms with Crippen molar-refractivity contribution in [2.45, 2.75) is 45.7 Å². The van der Waals surface area contributed by atoms with Gasteiger partial charge in [-0.1, -0.05) is 49.2 Å². The third kappa shape index (κ3) is 2.70. The molecule has 1 saturated carbocycles. The largest absolute Gasteiger partial charge is 0.390 e. The van der Waals surface area contributed by atoms with Gasteiger partial charge in [-0.25, -0.2) is 16.8 Å². The van der Waals surface area contributed by atoms with Crippen LogP contribution in [0.1, 0.15) is 25.7 Å². The predicted octanol–water partition coefficient (Wildman–Crippen LogP) is 2.57. The van der Waals surface area contributed by atoms with Gasteiger partial charge in [-0.2, -0.15) is 0 Å². The van der Waals surface area contributed by atoms with Crippen LogP contribution < -0.4 is 0 Å². The Balaban J connectivity index is 2.30. The number of aliphatic hydroxyl groups excluding tert-OH is 1. The van der Waals surface area contributed by atoms with Gasteiger partial charge >= 0.3 is 0 Å². The van der Waals surface area contributed by atoms with Gasteiger partial charge in [0, 0.05) is 0 Å². The highest BCUT2D eigenvalue weighted by Crippen LogP contribution is 2.45. The Labute approximate surface area is 148 Å². The van der Waals surface area contributed by atoms with Crippen LogP contribution in [-0.2, 0) is 19.7 Å². The molecule has 25 heavy (non-hydrogen) atoms. The first-order valence-electron chi connectivity index (χ1n) is 8.11. The topological polar surface area (TPSA) is 88.5 Å². The Bertz CT molecular complexity index is 866. The van der Waals surface area contributed by atoms with E-state index in [-0.39, 0.29) is 22.6 Å². The summed E-state index contributed by atoms with van der Waals surface area (Å²) in [6, 6.07) is 15.0. The Morgan fingerprint density at radius 3 is 1.60 bits per heavy atom. The molecular weight excluding hydrogens is 360 g/mol. The van der Waals surface area contributed by atoms with Crippen molar-refractivity contribution >= 4 is 19.7 Å². The lowest BCUT2D eigenvalue weighted by molar-refractivity contribution is 0.117. The van der Waals surface area contributed by atoms with E-state index in [1.807, 2.05) is 0 Å². The Hall–Kier alpha value is -1.70. The number of aliphatic hydroxyl groups is 1. The summed E-state index contributed by atoms with van der Waals surface area (Å²) in [6.07, 6.45) is -0.440. The molecule has 2 aromatic carbocycles. The zero-order chi connectivity index (χ0) is 18.1. The van der Waals surface area contributed by atoms with Crippen molar-refractivity contribution in [3.63, 3.8) is 0 Å². The molecular formula is C18H20O5S2. The highest BCUT2D eigenvalue weighted by Gasteiger charge is 2.61. The molecule has 0 amide bonds. The summed E-state index contributed by atoms with van der Waals surface area (Å²) in [5.41, 5.74) is 0. The molecule has 0 radical (unpaired) electrons. The molecule has 1 atom stereocenters. The van der Waals surface area contributed by atoms with E-state index in [1.54, 1.807) is 36.4 Å². The third-order valence-corrected chi connectivity index (χ3v) is 10.7. The summed E-state index contributed by atoms with van der Waals surface area (Å²) in [6.45, 7) is 0. The first kappa shape index (κ1) is 18.1. The smallest absolute Gasteiger partial charge is 0.207 e. The van der Waals surface area contributed by atoms with E-state index in [9.17, 15) is 21.9 Å². The maximum absolute atomic E-state index is 13.4. The minimum absolute atomic E-state index is 0.0875. The van der Waals surface area contributed by atoms with Crippen LogP contribution in [0, 0.1) is 0 Å². The first-order chi connectivity index (χ1) is 11.8. The maximum Gasteiger partial charge on any atom is 0.207 e. The molecule has 0 aliphatic heterocycles. The normalized spacial score (nSPS) is 20.9. The zero-order valence-electron chi connectivity index (χ0n) is 13.6. The Morgan fingerprint density at radius 1 is 0.760 bits per heavy atom. The standard InChI is InChI=1S/C18H20O5S2/c19-17-13-7-8-14-18(17,24(20,21)15-9-3-1-4-10-15)25(22,23)16-11-5-2-6-12-16/h1-6,9-12,17,19H,7-8,13-14H2. The number of hydrogen-bond acceptors (Lipinski definition) is 5. The molecule has 7 heteroatoms. The second-order valence-electron chi connectivity index (χ2n) is 6.21. The molecule has 1 unspecified atom stereocenters. The van der Waals surface area contributed by atoms with Crippen molar-refractivity contribution in [2.75, 3.05) is 0 Å². The van der Waals surface area contributed by atoms with E-state index in [2.05, 4.69) is 0 Å². The highest BCUT2D eigenvalue weighted by atomic mass is 32.3. The molecule has 0 saturated heterocycles. The van der Waals surface area contributed by atoms with E-state index < -0.39 is 29.9 Å². The quantitative estimate of drug-likeness (QED) is 0.881. The fourth-order valence-corrected chi connectivity index (χ4v) is 8.81. The average molecular weight is 380 g/mol. The van der Waals surface area contributed by atoms with Crippen LogP contribution in [0.2, 0.25) is 0 Å². The van der Waals surface area contributed by atoms with Gasteiger partial charge in [-0.15, -0.1) is 0 Å². The first-order valence-corrected chi connectivity index (χ1v) is 11.1. The molecule has 1 fully saturated rings. The van der Waals surface area contributed by atoms with Gasteiger partial charge in [0.1, 0.15) is 0 Å². The summed E-state index contributed by atoms with van der Waals surface area (Å²) < 4.78 is 51.3. The predicted molar refractivity (Wildman–Crippen MR) is 94.5 cm³/mol. The van der Waals surface area contributed by atoms with E-state index in [0.29, 0.717) is 12.8 Å². The zero-order valence-corrected chi connectivity index (χ0v) is 15.2. The van der Waals surface area contributed by atoms with Crippen molar-refractivity contribution in [3.05, 3.63) is 60.7 Å². The van der Waals surface area contributed by atoms with E-state index in [0.717, 1.165) is 0 Å². The fraction of sp³-hybridized carbons (Fsp3) is 0.333. The Morgan fingerprint density at radius 2 is 1.20 bits per heavy atom.